The fraction of sp³-hybridized carbons (Fsp3) is 0.889. The quantitative estimate of drug-likeness (QED) is 0.455. The first kappa shape index (κ1) is 19.0. The summed E-state index contributed by atoms with van der Waals surface area (Å²) in [5.41, 5.74) is -0.637. The van der Waals surface area contributed by atoms with Crippen molar-refractivity contribution in [2.45, 2.75) is 64.4 Å². The van der Waals surface area contributed by atoms with Crippen molar-refractivity contribution in [3.05, 3.63) is 0 Å². The Kier molecular flexibility index (Phi) is 7.34. The predicted octanol–water partition coefficient (Wildman–Crippen LogP) is 1.92. The van der Waals surface area contributed by atoms with E-state index in [1.165, 1.54) is 6.42 Å². The molecule has 1 heterocycles. The topological polar surface area (TPSA) is 74.2 Å². The lowest BCUT2D eigenvalue weighted by Crippen LogP contribution is -2.47. The monoisotopic (exact) mass is 339 g/mol. The molecule has 1 saturated carbocycles. The molecule has 138 valence electrons. The average Bonchev–Trinajstić information content (AvgIpc) is 2.60. The summed E-state index contributed by atoms with van der Waals surface area (Å²) in [7, 11) is 0. The van der Waals surface area contributed by atoms with Gasteiger partial charge in [0.1, 0.15) is 0 Å². The minimum atomic E-state index is -0.637. The zero-order valence-electron chi connectivity index (χ0n) is 15.2. The number of guanidine groups is 1. The van der Waals surface area contributed by atoms with Crippen LogP contribution in [0.1, 0.15) is 58.8 Å². The Morgan fingerprint density at radius 2 is 1.92 bits per heavy atom. The number of carbonyl (C=O) groups excluding carboxylic acids is 1. The molecule has 1 saturated heterocycles. The van der Waals surface area contributed by atoms with Gasteiger partial charge in [-0.3, -0.25) is 9.79 Å². The van der Waals surface area contributed by atoms with Gasteiger partial charge in [0.15, 0.2) is 5.96 Å². The van der Waals surface area contributed by atoms with E-state index < -0.39 is 5.60 Å². The zero-order valence-corrected chi connectivity index (χ0v) is 15.2. The highest BCUT2D eigenvalue weighted by Gasteiger charge is 2.30. The van der Waals surface area contributed by atoms with Crippen LogP contribution in [0, 0.1) is 5.92 Å². The number of carbonyl (C=O) groups is 1. The number of rotatable bonds is 5. The highest BCUT2D eigenvalue weighted by molar-refractivity contribution is 5.80. The third kappa shape index (κ3) is 5.36. The fourth-order valence-electron chi connectivity index (χ4n) is 3.60. The first-order valence-corrected chi connectivity index (χ1v) is 9.50. The molecule has 2 rings (SSSR count). The molecular formula is C18H33N3O3. The van der Waals surface area contributed by atoms with E-state index in [1.54, 1.807) is 0 Å². The van der Waals surface area contributed by atoms with Crippen molar-refractivity contribution in [1.82, 2.24) is 10.2 Å². The Labute approximate surface area is 145 Å². The van der Waals surface area contributed by atoms with Crippen LogP contribution in [0.25, 0.3) is 0 Å². The van der Waals surface area contributed by atoms with Crippen LogP contribution in [0.4, 0.5) is 0 Å². The van der Waals surface area contributed by atoms with Crippen molar-refractivity contribution >= 4 is 11.9 Å². The minimum Gasteiger partial charge on any atom is -0.466 e. The van der Waals surface area contributed by atoms with Crippen LogP contribution < -0.4 is 5.32 Å². The molecule has 0 bridgehead atoms. The number of likely N-dealkylation sites (tertiary alicyclic amines) is 1. The first-order chi connectivity index (χ1) is 11.6. The van der Waals surface area contributed by atoms with E-state index in [9.17, 15) is 9.90 Å². The van der Waals surface area contributed by atoms with Crippen molar-refractivity contribution in [3.63, 3.8) is 0 Å². The molecule has 2 aliphatic rings. The second-order valence-corrected chi connectivity index (χ2v) is 6.97. The fourth-order valence-corrected chi connectivity index (χ4v) is 3.60. The Morgan fingerprint density at radius 3 is 2.50 bits per heavy atom. The van der Waals surface area contributed by atoms with Crippen LogP contribution in [0.15, 0.2) is 4.99 Å². The van der Waals surface area contributed by atoms with Gasteiger partial charge in [0, 0.05) is 19.6 Å². The van der Waals surface area contributed by atoms with Gasteiger partial charge in [-0.25, -0.2) is 0 Å². The summed E-state index contributed by atoms with van der Waals surface area (Å²) >= 11 is 0. The van der Waals surface area contributed by atoms with Gasteiger partial charge >= 0.3 is 5.97 Å². The Morgan fingerprint density at radius 1 is 1.25 bits per heavy atom. The maximum Gasteiger partial charge on any atom is 0.309 e. The predicted molar refractivity (Wildman–Crippen MR) is 94.9 cm³/mol. The van der Waals surface area contributed by atoms with Crippen molar-refractivity contribution in [2.75, 3.05) is 32.8 Å². The van der Waals surface area contributed by atoms with E-state index in [0.29, 0.717) is 13.2 Å². The minimum absolute atomic E-state index is 0.00612. The summed E-state index contributed by atoms with van der Waals surface area (Å²) < 4.78 is 5.13. The van der Waals surface area contributed by atoms with Gasteiger partial charge in [-0.05, 0) is 39.5 Å². The van der Waals surface area contributed by atoms with Crippen LogP contribution >= 0.6 is 0 Å². The van der Waals surface area contributed by atoms with Gasteiger partial charge in [0.05, 0.1) is 24.7 Å². The molecular weight excluding hydrogens is 306 g/mol. The molecule has 6 nitrogen and oxygen atoms in total. The van der Waals surface area contributed by atoms with E-state index in [2.05, 4.69) is 17.1 Å². The molecule has 0 amide bonds. The maximum atomic E-state index is 11.9. The third-order valence-corrected chi connectivity index (χ3v) is 5.06. The zero-order chi connectivity index (χ0) is 17.4. The highest BCUT2D eigenvalue weighted by Crippen LogP contribution is 2.28. The summed E-state index contributed by atoms with van der Waals surface area (Å²) in [6, 6.07) is 0. The number of hydrogen-bond acceptors (Lipinski definition) is 4. The van der Waals surface area contributed by atoms with Crippen molar-refractivity contribution in [3.8, 4) is 0 Å². The number of nitrogens with one attached hydrogen (secondary N) is 1. The van der Waals surface area contributed by atoms with E-state index in [1.807, 2.05) is 6.92 Å². The van der Waals surface area contributed by atoms with Gasteiger partial charge < -0.3 is 20.1 Å². The summed E-state index contributed by atoms with van der Waals surface area (Å²) in [6.45, 7) is 7.21. The normalized spacial score (nSPS) is 22.3. The van der Waals surface area contributed by atoms with Gasteiger partial charge in [-0.1, -0.05) is 19.3 Å². The van der Waals surface area contributed by atoms with Gasteiger partial charge in [0.2, 0.25) is 0 Å². The van der Waals surface area contributed by atoms with E-state index >= 15 is 0 Å². The second kappa shape index (κ2) is 9.25. The Bertz CT molecular complexity index is 425. The summed E-state index contributed by atoms with van der Waals surface area (Å²) in [5.74, 6) is 0.793. The lowest BCUT2D eigenvalue weighted by Gasteiger charge is -2.35. The van der Waals surface area contributed by atoms with Crippen LogP contribution in [0.2, 0.25) is 0 Å². The number of piperidine rings is 1. The van der Waals surface area contributed by atoms with E-state index in [0.717, 1.165) is 64.1 Å². The molecule has 24 heavy (non-hydrogen) atoms. The number of hydrogen-bond donors (Lipinski definition) is 2. The molecule has 1 aliphatic carbocycles. The Balaban J connectivity index is 1.91. The van der Waals surface area contributed by atoms with Crippen molar-refractivity contribution in [2.24, 2.45) is 10.9 Å². The molecule has 0 unspecified atom stereocenters. The summed E-state index contributed by atoms with van der Waals surface area (Å²) in [5, 5.41) is 14.0. The van der Waals surface area contributed by atoms with Crippen LogP contribution in [-0.4, -0.2) is 60.3 Å². The summed E-state index contributed by atoms with van der Waals surface area (Å²) in [6.07, 6.45) is 6.69. The Hall–Kier alpha value is -1.30. The lowest BCUT2D eigenvalue weighted by atomic mass is 9.85. The van der Waals surface area contributed by atoms with E-state index in [-0.39, 0.29) is 11.9 Å². The molecule has 2 fully saturated rings. The largest absolute Gasteiger partial charge is 0.466 e. The average molecular weight is 339 g/mol. The number of ether oxygens (including phenoxy) is 1. The van der Waals surface area contributed by atoms with Crippen LogP contribution in [0.5, 0.6) is 0 Å². The van der Waals surface area contributed by atoms with Gasteiger partial charge in [-0.15, -0.1) is 0 Å². The van der Waals surface area contributed by atoms with Gasteiger partial charge in [0.25, 0.3) is 0 Å². The van der Waals surface area contributed by atoms with Crippen molar-refractivity contribution < 1.29 is 14.6 Å². The second-order valence-electron chi connectivity index (χ2n) is 6.97. The van der Waals surface area contributed by atoms with Crippen LogP contribution in [0.3, 0.4) is 0 Å². The maximum absolute atomic E-state index is 11.9. The molecule has 1 aliphatic heterocycles. The molecule has 6 heteroatoms. The first-order valence-electron chi connectivity index (χ1n) is 9.50. The molecule has 0 radical (unpaired) electrons. The lowest BCUT2D eigenvalue weighted by molar-refractivity contribution is -0.149. The molecule has 0 aromatic carbocycles. The standard InChI is InChI=1S/C18H33N3O3/c1-3-19-17(20-14-18(23)10-6-5-7-11-18)21-12-8-15(9-13-21)16(22)24-4-2/h15,23H,3-14H2,1-2H3,(H,19,20). The van der Waals surface area contributed by atoms with Gasteiger partial charge in [-0.2, -0.15) is 0 Å². The number of aliphatic hydroxyl groups is 1. The highest BCUT2D eigenvalue weighted by atomic mass is 16.5. The molecule has 0 spiro atoms. The smallest absolute Gasteiger partial charge is 0.309 e. The third-order valence-electron chi connectivity index (χ3n) is 5.06. The SMILES string of the molecule is CCNC(=NCC1(O)CCCCC1)N1CCC(C(=O)OCC)CC1. The molecule has 0 atom stereocenters. The van der Waals surface area contributed by atoms with Crippen molar-refractivity contribution in [1.29, 1.82) is 0 Å². The number of aliphatic imine (C=N–C) groups is 1. The summed E-state index contributed by atoms with van der Waals surface area (Å²) in [4.78, 5) is 18.8. The van der Waals surface area contributed by atoms with Crippen LogP contribution in [-0.2, 0) is 9.53 Å². The van der Waals surface area contributed by atoms with E-state index in [4.69, 9.17) is 9.73 Å². The molecule has 0 aromatic rings. The number of nitrogens with zero attached hydrogens (tertiary/aromatic N) is 2. The number of esters is 1. The molecule has 0 aromatic heterocycles. The molecule has 2 N–H and O–H groups in total.